The monoisotopic (exact) mass is 634 g/mol. The number of hydrogen-bond acceptors (Lipinski definition) is 10. The molecule has 0 spiro atoms. The number of primary amides is 1. The number of aryl methyl sites for hydroxylation is 1. The quantitative estimate of drug-likeness (QED) is 0.254. The van der Waals surface area contributed by atoms with Crippen LogP contribution < -0.4 is 11.1 Å². The molecule has 12 heteroatoms. The predicted molar refractivity (Wildman–Crippen MR) is 172 cm³/mol. The number of likely N-dealkylation sites (N-methyl/N-ethyl adjacent to an activating group) is 2. The van der Waals surface area contributed by atoms with E-state index in [4.69, 9.17) is 5.73 Å². The minimum absolute atomic E-state index is 0.0388. The summed E-state index contributed by atoms with van der Waals surface area (Å²) in [7, 11) is 7.09. The Kier molecular flexibility index (Phi) is 9.76. The second kappa shape index (κ2) is 13.1. The van der Waals surface area contributed by atoms with Crippen LogP contribution in [0.5, 0.6) is 5.75 Å². The van der Waals surface area contributed by atoms with E-state index in [9.17, 15) is 39.6 Å². The zero-order chi connectivity index (χ0) is 34.2. The molecule has 12 nitrogen and oxygen atoms in total. The van der Waals surface area contributed by atoms with E-state index in [0.717, 1.165) is 29.8 Å². The van der Waals surface area contributed by atoms with E-state index in [1.54, 1.807) is 20.2 Å². The molecule has 3 aliphatic carbocycles. The Balaban J connectivity index is 0.000000468. The molecule has 0 unspecified atom stereocenters. The molecule has 0 bridgehead atoms. The summed E-state index contributed by atoms with van der Waals surface area (Å²) in [4.78, 5) is 52.9. The maximum atomic E-state index is 13.9. The average Bonchev–Trinajstić information content (AvgIpc) is 2.94. The maximum absolute atomic E-state index is 13.9. The number of ketones is 2. The van der Waals surface area contributed by atoms with E-state index in [2.05, 4.69) is 5.32 Å². The highest BCUT2D eigenvalue weighted by atomic mass is 16.3. The molecule has 3 aliphatic rings. The van der Waals surface area contributed by atoms with Crippen molar-refractivity contribution in [2.45, 2.75) is 38.3 Å². The van der Waals surface area contributed by atoms with Gasteiger partial charge in [-0.1, -0.05) is 35.9 Å². The van der Waals surface area contributed by atoms with Gasteiger partial charge in [0.05, 0.1) is 11.6 Å². The number of aliphatic hydroxyl groups is 3. The standard InChI is InChI=1S/C28H28N2O7.C6H14N2O/c1-12-5-4-6-13(9-12)15-7-8-18(31)20-16(15)10-14-11-17-22(30(2)3)24(33)21(27(29)36)26(35)28(17,37)25(34)19(14)23(20)32;1-6(9)7-4-5-8(2)3/h4-9,14,17,22,31-32,35,37H,10-11H2,1-3H3,(H2,29,36);4-5H2,1-3H3,(H,7,9)/t14-,17-,22-,28-;/m0./s1. The Hall–Kier alpha value is -4.52. The highest BCUT2D eigenvalue weighted by Gasteiger charge is 2.64. The summed E-state index contributed by atoms with van der Waals surface area (Å²) in [6.07, 6.45) is 0.293. The lowest BCUT2D eigenvalue weighted by molar-refractivity contribution is -0.153. The molecule has 5 rings (SSSR count). The zero-order valence-corrected chi connectivity index (χ0v) is 26.9. The predicted octanol–water partition coefficient (Wildman–Crippen LogP) is 1.62. The number of hydrogen-bond donors (Lipinski definition) is 6. The largest absolute Gasteiger partial charge is 0.508 e. The lowest BCUT2D eigenvalue weighted by atomic mass is 9.57. The lowest BCUT2D eigenvalue weighted by Crippen LogP contribution is -2.65. The smallest absolute Gasteiger partial charge is 0.255 e. The van der Waals surface area contributed by atoms with Crippen molar-refractivity contribution in [3.8, 4) is 16.9 Å². The number of aromatic hydroxyl groups is 1. The number of nitrogens with two attached hydrogens (primary N) is 1. The Morgan fingerprint density at radius 1 is 1.07 bits per heavy atom. The number of carbonyl (C=O) groups is 4. The maximum Gasteiger partial charge on any atom is 0.255 e. The molecule has 7 N–H and O–H groups in total. The number of benzene rings is 2. The van der Waals surface area contributed by atoms with E-state index in [1.807, 2.05) is 50.2 Å². The van der Waals surface area contributed by atoms with Crippen molar-refractivity contribution < 1.29 is 39.6 Å². The van der Waals surface area contributed by atoms with Gasteiger partial charge in [-0.3, -0.25) is 24.1 Å². The summed E-state index contributed by atoms with van der Waals surface area (Å²) >= 11 is 0. The van der Waals surface area contributed by atoms with Crippen LogP contribution in [0.25, 0.3) is 16.9 Å². The van der Waals surface area contributed by atoms with Crippen LogP contribution >= 0.6 is 0 Å². The van der Waals surface area contributed by atoms with Crippen LogP contribution in [0, 0.1) is 18.8 Å². The first-order valence-corrected chi connectivity index (χ1v) is 15.0. The lowest BCUT2D eigenvalue weighted by Gasteiger charge is -2.50. The van der Waals surface area contributed by atoms with Crippen molar-refractivity contribution in [3.05, 3.63) is 70.0 Å². The number of amides is 2. The van der Waals surface area contributed by atoms with Gasteiger partial charge in [0.15, 0.2) is 11.4 Å². The Morgan fingerprint density at radius 3 is 2.30 bits per heavy atom. The third kappa shape index (κ3) is 6.03. The van der Waals surface area contributed by atoms with Gasteiger partial charge in [0.1, 0.15) is 22.8 Å². The van der Waals surface area contributed by atoms with E-state index in [-0.39, 0.29) is 35.6 Å². The van der Waals surface area contributed by atoms with Crippen molar-refractivity contribution in [1.82, 2.24) is 15.1 Å². The molecule has 4 atom stereocenters. The van der Waals surface area contributed by atoms with Crippen LogP contribution in [0.1, 0.15) is 30.0 Å². The van der Waals surface area contributed by atoms with Crippen molar-refractivity contribution in [1.29, 1.82) is 0 Å². The number of nitrogens with one attached hydrogen (secondary N) is 1. The molecule has 0 aromatic heterocycles. The summed E-state index contributed by atoms with van der Waals surface area (Å²) in [6.45, 7) is 5.12. The first kappa shape index (κ1) is 34.4. The summed E-state index contributed by atoms with van der Waals surface area (Å²) in [6, 6.07) is 9.82. The topological polar surface area (TPSA) is 194 Å². The normalized spacial score (nSPS) is 23.8. The molecule has 0 aliphatic heterocycles. The Bertz CT molecular complexity index is 1660. The first-order chi connectivity index (χ1) is 21.5. The van der Waals surface area contributed by atoms with Crippen molar-refractivity contribution >= 4 is 29.1 Å². The number of aliphatic hydroxyl groups excluding tert-OH is 2. The van der Waals surface area contributed by atoms with Crippen molar-refractivity contribution in [2.75, 3.05) is 41.3 Å². The van der Waals surface area contributed by atoms with Crippen LogP contribution in [0.3, 0.4) is 0 Å². The summed E-state index contributed by atoms with van der Waals surface area (Å²) in [5.41, 5.74) is 5.10. The van der Waals surface area contributed by atoms with E-state index >= 15 is 0 Å². The average molecular weight is 635 g/mol. The van der Waals surface area contributed by atoms with Gasteiger partial charge in [0.2, 0.25) is 11.7 Å². The van der Waals surface area contributed by atoms with E-state index < -0.39 is 58.0 Å². The van der Waals surface area contributed by atoms with Gasteiger partial charge < -0.3 is 36.4 Å². The van der Waals surface area contributed by atoms with E-state index in [1.165, 1.54) is 17.9 Å². The van der Waals surface area contributed by atoms with Gasteiger partial charge in [-0.05, 0) is 76.6 Å². The fourth-order valence-electron chi connectivity index (χ4n) is 6.78. The third-order valence-electron chi connectivity index (χ3n) is 8.87. The first-order valence-electron chi connectivity index (χ1n) is 15.0. The van der Waals surface area contributed by atoms with Gasteiger partial charge in [-0.15, -0.1) is 0 Å². The number of phenolic OH excluding ortho intramolecular Hbond substituents is 1. The summed E-state index contributed by atoms with van der Waals surface area (Å²) in [5, 5.41) is 47.3. The van der Waals surface area contributed by atoms with Crippen LogP contribution in [0.15, 0.2) is 53.3 Å². The number of fused-ring (bicyclic) bond motifs is 3. The molecular weight excluding hydrogens is 592 g/mol. The van der Waals surface area contributed by atoms with Crippen LogP contribution in [-0.2, 0) is 25.6 Å². The number of Topliss-reactive ketones (excluding diaryl/α,β-unsaturated/α-hetero) is 2. The summed E-state index contributed by atoms with van der Waals surface area (Å²) < 4.78 is 0. The zero-order valence-electron chi connectivity index (χ0n) is 26.9. The summed E-state index contributed by atoms with van der Waals surface area (Å²) in [5.74, 6) is -6.57. The second-order valence-corrected chi connectivity index (χ2v) is 12.6. The van der Waals surface area contributed by atoms with Crippen LogP contribution in [-0.4, -0.2) is 107 Å². The van der Waals surface area contributed by atoms with Crippen LogP contribution in [0.2, 0.25) is 0 Å². The number of rotatable bonds is 6. The van der Waals surface area contributed by atoms with Gasteiger partial charge >= 0.3 is 0 Å². The molecule has 1 saturated carbocycles. The van der Waals surface area contributed by atoms with Crippen molar-refractivity contribution in [3.63, 3.8) is 0 Å². The van der Waals surface area contributed by atoms with Crippen molar-refractivity contribution in [2.24, 2.45) is 17.6 Å². The molecule has 2 aromatic carbocycles. The fourth-order valence-corrected chi connectivity index (χ4v) is 6.78. The minimum Gasteiger partial charge on any atom is -0.508 e. The van der Waals surface area contributed by atoms with Gasteiger partial charge in [0, 0.05) is 31.5 Å². The van der Waals surface area contributed by atoms with Crippen LogP contribution in [0.4, 0.5) is 0 Å². The van der Waals surface area contributed by atoms with Gasteiger partial charge in [0.25, 0.3) is 5.91 Å². The van der Waals surface area contributed by atoms with E-state index in [0.29, 0.717) is 5.56 Å². The SMILES string of the molecule is CC(=O)NCCN(C)C.Cc1cccc(-c2ccc(O)c3c2C[C@H]2C[C@H]4[C@H](N(C)C)C(=O)C(C(N)=O)=C(O)[C@@]4(O)C(=O)C2=C3O)c1. The third-order valence-corrected chi connectivity index (χ3v) is 8.87. The highest BCUT2D eigenvalue weighted by Crippen LogP contribution is 2.53. The molecule has 46 heavy (non-hydrogen) atoms. The number of nitrogens with zero attached hydrogens (tertiary/aromatic N) is 2. The second-order valence-electron chi connectivity index (χ2n) is 12.6. The minimum atomic E-state index is -2.64. The number of carbonyl (C=O) groups excluding carboxylic acids is 4. The molecule has 2 aromatic rings. The molecule has 1 fully saturated rings. The fraction of sp³-hybridized carbons (Fsp3) is 0.412. The Labute approximate surface area is 267 Å². The molecular formula is C34H42N4O8. The highest BCUT2D eigenvalue weighted by molar-refractivity contribution is 6.24. The molecule has 0 saturated heterocycles. The molecule has 0 heterocycles. The molecule has 0 radical (unpaired) electrons. The Morgan fingerprint density at radius 2 is 1.74 bits per heavy atom. The molecule has 246 valence electrons. The number of phenols is 1. The van der Waals surface area contributed by atoms with Gasteiger partial charge in [-0.2, -0.15) is 0 Å². The molecule has 2 amide bonds. The van der Waals surface area contributed by atoms with Gasteiger partial charge in [-0.25, -0.2) is 0 Å².